The van der Waals surface area contributed by atoms with Crippen molar-refractivity contribution in [2.24, 2.45) is 5.92 Å². The third kappa shape index (κ3) is 3.94. The molecule has 2 aromatic rings. The predicted octanol–water partition coefficient (Wildman–Crippen LogP) is 3.14. The minimum atomic E-state index is -0.537. The molecular formula is C21H22FN3O2. The van der Waals surface area contributed by atoms with E-state index in [1.165, 1.54) is 12.1 Å². The number of carbonyl (C=O) groups excluding carboxylic acids is 2. The van der Waals surface area contributed by atoms with Crippen LogP contribution in [0.5, 0.6) is 0 Å². The molecule has 1 N–H and O–H groups in total. The van der Waals surface area contributed by atoms with Gasteiger partial charge >= 0.3 is 0 Å². The molecule has 1 heterocycles. The fourth-order valence-electron chi connectivity index (χ4n) is 3.37. The average Bonchev–Trinajstić information content (AvgIpc) is 3.54. The molecule has 0 spiro atoms. The quantitative estimate of drug-likeness (QED) is 0.903. The van der Waals surface area contributed by atoms with Gasteiger partial charge in [-0.25, -0.2) is 4.39 Å². The van der Waals surface area contributed by atoms with Gasteiger partial charge in [-0.3, -0.25) is 9.59 Å². The maximum atomic E-state index is 13.7. The van der Waals surface area contributed by atoms with Crippen LogP contribution in [0.3, 0.4) is 0 Å². The molecule has 0 bridgehead atoms. The van der Waals surface area contributed by atoms with Crippen LogP contribution >= 0.6 is 0 Å². The lowest BCUT2D eigenvalue weighted by molar-refractivity contribution is -0.132. The second kappa shape index (κ2) is 7.39. The summed E-state index contributed by atoms with van der Waals surface area (Å²) in [5, 5.41) is 2.72. The van der Waals surface area contributed by atoms with Crippen LogP contribution in [0.15, 0.2) is 48.5 Å². The molecular weight excluding hydrogens is 345 g/mol. The zero-order chi connectivity index (χ0) is 18.8. The average molecular weight is 367 g/mol. The van der Waals surface area contributed by atoms with Gasteiger partial charge in [0, 0.05) is 43.5 Å². The van der Waals surface area contributed by atoms with E-state index in [2.05, 4.69) is 10.2 Å². The van der Waals surface area contributed by atoms with E-state index in [0.29, 0.717) is 11.6 Å². The molecule has 6 heteroatoms. The molecule has 5 nitrogen and oxygen atoms in total. The third-order valence-corrected chi connectivity index (χ3v) is 5.13. The van der Waals surface area contributed by atoms with Crippen LogP contribution in [0.4, 0.5) is 15.8 Å². The Morgan fingerprint density at radius 1 is 0.926 bits per heavy atom. The molecule has 27 heavy (non-hydrogen) atoms. The summed E-state index contributed by atoms with van der Waals surface area (Å²) in [6.07, 6.45) is 2.08. The van der Waals surface area contributed by atoms with E-state index in [0.717, 1.165) is 44.7 Å². The normalized spacial score (nSPS) is 16.9. The number of halogens is 1. The van der Waals surface area contributed by atoms with E-state index in [1.54, 1.807) is 12.1 Å². The van der Waals surface area contributed by atoms with E-state index in [1.807, 2.05) is 29.2 Å². The first-order valence-electron chi connectivity index (χ1n) is 9.31. The number of nitrogens with zero attached hydrogens (tertiary/aromatic N) is 2. The molecule has 2 fully saturated rings. The number of hydrogen-bond donors (Lipinski definition) is 1. The van der Waals surface area contributed by atoms with Gasteiger partial charge in [0.1, 0.15) is 5.82 Å². The standard InChI is InChI=1S/C21H22FN3O2/c22-19-4-2-1-3-18(19)20(26)23-16-7-9-17(10-8-16)24-11-13-25(14-12-24)21(27)15-5-6-15/h1-4,7-10,15H,5-6,11-14H2,(H,23,26). The summed E-state index contributed by atoms with van der Waals surface area (Å²) in [7, 11) is 0. The summed E-state index contributed by atoms with van der Waals surface area (Å²) in [6, 6.07) is 13.4. The largest absolute Gasteiger partial charge is 0.368 e. The minimum absolute atomic E-state index is 0.0260. The van der Waals surface area contributed by atoms with Crippen molar-refractivity contribution in [3.63, 3.8) is 0 Å². The monoisotopic (exact) mass is 367 g/mol. The number of amides is 2. The molecule has 2 aromatic carbocycles. The number of piperazine rings is 1. The lowest BCUT2D eigenvalue weighted by atomic mass is 10.2. The first-order valence-corrected chi connectivity index (χ1v) is 9.31. The predicted molar refractivity (Wildman–Crippen MR) is 102 cm³/mol. The van der Waals surface area contributed by atoms with Crippen molar-refractivity contribution in [1.82, 2.24) is 4.90 Å². The Kier molecular flexibility index (Phi) is 4.79. The Balaban J connectivity index is 1.34. The van der Waals surface area contributed by atoms with Crippen molar-refractivity contribution in [2.45, 2.75) is 12.8 Å². The highest BCUT2D eigenvalue weighted by Gasteiger charge is 2.34. The molecule has 140 valence electrons. The van der Waals surface area contributed by atoms with Gasteiger partial charge in [-0.2, -0.15) is 0 Å². The van der Waals surface area contributed by atoms with Crippen LogP contribution in [0, 0.1) is 11.7 Å². The molecule has 0 radical (unpaired) electrons. The number of nitrogens with one attached hydrogen (secondary N) is 1. The van der Waals surface area contributed by atoms with Crippen LogP contribution in [-0.2, 0) is 4.79 Å². The topological polar surface area (TPSA) is 52.7 Å². The van der Waals surface area contributed by atoms with E-state index in [4.69, 9.17) is 0 Å². The van der Waals surface area contributed by atoms with Crippen molar-refractivity contribution in [1.29, 1.82) is 0 Å². The highest BCUT2D eigenvalue weighted by atomic mass is 19.1. The first kappa shape index (κ1) is 17.5. The van der Waals surface area contributed by atoms with Gasteiger partial charge in [-0.15, -0.1) is 0 Å². The van der Waals surface area contributed by atoms with Crippen molar-refractivity contribution in [3.8, 4) is 0 Å². The Labute approximate surface area is 157 Å². The van der Waals surface area contributed by atoms with Gasteiger partial charge in [0.15, 0.2) is 0 Å². The van der Waals surface area contributed by atoms with Crippen LogP contribution in [-0.4, -0.2) is 42.9 Å². The van der Waals surface area contributed by atoms with Gasteiger partial charge in [0.25, 0.3) is 5.91 Å². The minimum Gasteiger partial charge on any atom is -0.368 e. The summed E-state index contributed by atoms with van der Waals surface area (Å²) in [4.78, 5) is 28.5. The van der Waals surface area contributed by atoms with Crippen LogP contribution in [0.1, 0.15) is 23.2 Å². The van der Waals surface area contributed by atoms with Crippen molar-refractivity contribution in [2.75, 3.05) is 36.4 Å². The second-order valence-corrected chi connectivity index (χ2v) is 7.07. The fourth-order valence-corrected chi connectivity index (χ4v) is 3.37. The number of carbonyl (C=O) groups is 2. The molecule has 1 aliphatic heterocycles. The summed E-state index contributed by atoms with van der Waals surface area (Å²) >= 11 is 0. The fraction of sp³-hybridized carbons (Fsp3) is 0.333. The van der Waals surface area contributed by atoms with Crippen molar-refractivity contribution >= 4 is 23.2 Å². The zero-order valence-corrected chi connectivity index (χ0v) is 15.0. The highest BCUT2D eigenvalue weighted by Crippen LogP contribution is 2.31. The molecule has 1 aliphatic carbocycles. The van der Waals surface area contributed by atoms with Crippen LogP contribution in [0.25, 0.3) is 0 Å². The molecule has 2 aliphatic rings. The lowest BCUT2D eigenvalue weighted by Crippen LogP contribution is -2.49. The smallest absolute Gasteiger partial charge is 0.258 e. The molecule has 0 unspecified atom stereocenters. The Morgan fingerprint density at radius 3 is 2.22 bits per heavy atom. The van der Waals surface area contributed by atoms with Gasteiger partial charge < -0.3 is 15.1 Å². The number of anilines is 2. The molecule has 4 rings (SSSR count). The van der Waals surface area contributed by atoms with E-state index < -0.39 is 11.7 Å². The number of hydrogen-bond acceptors (Lipinski definition) is 3. The van der Waals surface area contributed by atoms with Crippen molar-refractivity contribution < 1.29 is 14.0 Å². The number of rotatable bonds is 4. The Hall–Kier alpha value is -2.89. The Morgan fingerprint density at radius 2 is 1.59 bits per heavy atom. The van der Waals surface area contributed by atoms with Gasteiger partial charge in [-0.1, -0.05) is 12.1 Å². The summed E-state index contributed by atoms with van der Waals surface area (Å²) in [6.45, 7) is 3.11. The lowest BCUT2D eigenvalue weighted by Gasteiger charge is -2.36. The van der Waals surface area contributed by atoms with Gasteiger partial charge in [0.05, 0.1) is 5.56 Å². The molecule has 0 atom stereocenters. The van der Waals surface area contributed by atoms with Crippen LogP contribution < -0.4 is 10.2 Å². The molecule has 2 amide bonds. The van der Waals surface area contributed by atoms with E-state index in [-0.39, 0.29) is 11.5 Å². The molecule has 0 aromatic heterocycles. The second-order valence-electron chi connectivity index (χ2n) is 7.07. The maximum absolute atomic E-state index is 13.7. The molecule has 1 saturated carbocycles. The highest BCUT2D eigenvalue weighted by molar-refractivity contribution is 6.04. The SMILES string of the molecule is O=C(Nc1ccc(N2CCN(C(=O)C3CC3)CC2)cc1)c1ccccc1F. The van der Waals surface area contributed by atoms with Gasteiger partial charge in [-0.05, 0) is 49.2 Å². The van der Waals surface area contributed by atoms with Gasteiger partial charge in [0.2, 0.25) is 5.91 Å². The first-order chi connectivity index (χ1) is 13.1. The van der Waals surface area contributed by atoms with Crippen LogP contribution in [0.2, 0.25) is 0 Å². The summed E-state index contributed by atoms with van der Waals surface area (Å²) in [5.41, 5.74) is 1.70. The Bertz CT molecular complexity index is 841. The molecule has 1 saturated heterocycles. The van der Waals surface area contributed by atoms with Crippen molar-refractivity contribution in [3.05, 3.63) is 59.9 Å². The van der Waals surface area contributed by atoms with E-state index in [9.17, 15) is 14.0 Å². The zero-order valence-electron chi connectivity index (χ0n) is 15.0. The maximum Gasteiger partial charge on any atom is 0.258 e. The van der Waals surface area contributed by atoms with E-state index >= 15 is 0 Å². The summed E-state index contributed by atoms with van der Waals surface area (Å²) < 4.78 is 13.7. The number of benzene rings is 2. The summed E-state index contributed by atoms with van der Waals surface area (Å²) in [5.74, 6) is -0.423. The third-order valence-electron chi connectivity index (χ3n) is 5.13.